The van der Waals surface area contributed by atoms with Crippen LogP contribution in [0.5, 0.6) is 5.75 Å². The zero-order valence-corrected chi connectivity index (χ0v) is 16.3. The van der Waals surface area contributed by atoms with Crippen LogP contribution in [0.1, 0.15) is 57.9 Å². The Morgan fingerprint density at radius 1 is 1.22 bits per heavy atom. The molecule has 0 saturated carbocycles. The van der Waals surface area contributed by atoms with Gasteiger partial charge in [-0.05, 0) is 39.2 Å². The number of esters is 1. The normalized spacial score (nSPS) is 19.5. The lowest BCUT2D eigenvalue weighted by Gasteiger charge is -2.34. The molecule has 1 unspecified atom stereocenters. The molecule has 1 aliphatic heterocycles. The molecule has 1 heterocycles. The summed E-state index contributed by atoms with van der Waals surface area (Å²) in [6.45, 7) is 6.58. The maximum Gasteiger partial charge on any atom is 0.336 e. The summed E-state index contributed by atoms with van der Waals surface area (Å²) in [5.74, 6) is -0.0386. The van der Waals surface area contributed by atoms with E-state index < -0.39 is 5.92 Å². The number of rotatable bonds is 6. The van der Waals surface area contributed by atoms with Crippen molar-refractivity contribution in [1.82, 2.24) is 5.32 Å². The number of dihydropyridines is 1. The summed E-state index contributed by atoms with van der Waals surface area (Å²) in [5, 5.41) is 3.30. The summed E-state index contributed by atoms with van der Waals surface area (Å²) < 4.78 is 11.3. The Labute approximate surface area is 160 Å². The Balaban J connectivity index is 2.16. The summed E-state index contributed by atoms with van der Waals surface area (Å²) >= 11 is 0. The molecule has 5 heteroatoms. The van der Waals surface area contributed by atoms with E-state index in [0.717, 1.165) is 36.2 Å². The summed E-state index contributed by atoms with van der Waals surface area (Å²) in [5.41, 5.74) is 3.70. The van der Waals surface area contributed by atoms with Crippen molar-refractivity contribution in [2.24, 2.45) is 0 Å². The summed E-state index contributed by atoms with van der Waals surface area (Å²) in [6, 6.07) is 7.68. The van der Waals surface area contributed by atoms with Crippen molar-refractivity contribution in [2.75, 3.05) is 13.2 Å². The lowest BCUT2D eigenvalue weighted by atomic mass is 9.75. The van der Waals surface area contributed by atoms with Gasteiger partial charge in [-0.15, -0.1) is 0 Å². The average Bonchev–Trinajstić information content (AvgIpc) is 2.66. The number of nitrogens with one attached hydrogen (secondary N) is 1. The van der Waals surface area contributed by atoms with Gasteiger partial charge in [0.1, 0.15) is 5.75 Å². The van der Waals surface area contributed by atoms with Gasteiger partial charge in [0.15, 0.2) is 5.78 Å². The Morgan fingerprint density at radius 3 is 2.74 bits per heavy atom. The first-order valence-electron chi connectivity index (χ1n) is 9.71. The smallest absolute Gasteiger partial charge is 0.336 e. The number of hydrogen-bond donors (Lipinski definition) is 1. The van der Waals surface area contributed by atoms with Gasteiger partial charge in [-0.1, -0.05) is 25.1 Å². The first-order valence-corrected chi connectivity index (χ1v) is 9.71. The second kappa shape index (κ2) is 8.42. The third-order valence-electron chi connectivity index (χ3n) is 4.96. The highest BCUT2D eigenvalue weighted by molar-refractivity contribution is 6.04. The molecule has 2 aliphatic rings. The zero-order valence-electron chi connectivity index (χ0n) is 16.3. The Hall–Kier alpha value is -2.56. The fraction of sp³-hybridized carbons (Fsp3) is 0.455. The van der Waals surface area contributed by atoms with Gasteiger partial charge in [0.05, 0.1) is 24.7 Å². The Morgan fingerprint density at radius 2 is 2.00 bits per heavy atom. The second-order valence-electron chi connectivity index (χ2n) is 6.87. The highest BCUT2D eigenvalue weighted by Gasteiger charge is 2.40. The molecule has 5 nitrogen and oxygen atoms in total. The number of allylic oxidation sites excluding steroid dienone is 3. The monoisotopic (exact) mass is 369 g/mol. The Bertz CT molecular complexity index is 806. The summed E-state index contributed by atoms with van der Waals surface area (Å²) in [7, 11) is 0. The summed E-state index contributed by atoms with van der Waals surface area (Å²) in [4.78, 5) is 25.7. The molecule has 0 saturated heterocycles. The number of carbonyl (C=O) groups is 2. The van der Waals surface area contributed by atoms with Crippen molar-refractivity contribution < 1.29 is 19.1 Å². The van der Waals surface area contributed by atoms with E-state index in [9.17, 15) is 9.59 Å². The van der Waals surface area contributed by atoms with E-state index >= 15 is 0 Å². The number of ether oxygens (including phenoxy) is 2. The number of hydrogen-bond acceptors (Lipinski definition) is 5. The van der Waals surface area contributed by atoms with Crippen molar-refractivity contribution in [2.45, 2.75) is 52.4 Å². The van der Waals surface area contributed by atoms with E-state index in [4.69, 9.17) is 9.47 Å². The van der Waals surface area contributed by atoms with Crippen molar-refractivity contribution in [1.29, 1.82) is 0 Å². The highest BCUT2D eigenvalue weighted by Crippen LogP contribution is 2.45. The molecule has 1 aromatic rings. The van der Waals surface area contributed by atoms with Crippen LogP contribution in [0.4, 0.5) is 0 Å². The first kappa shape index (κ1) is 19.2. The van der Waals surface area contributed by atoms with Crippen LogP contribution in [0, 0.1) is 0 Å². The van der Waals surface area contributed by atoms with Crippen LogP contribution in [-0.4, -0.2) is 25.0 Å². The number of ketones is 1. The molecule has 27 heavy (non-hydrogen) atoms. The minimum absolute atomic E-state index is 0.0911. The molecule has 1 aromatic carbocycles. The minimum Gasteiger partial charge on any atom is -0.493 e. The molecule has 1 N–H and O–H groups in total. The van der Waals surface area contributed by atoms with Crippen molar-refractivity contribution >= 4 is 11.8 Å². The van der Waals surface area contributed by atoms with Gasteiger partial charge < -0.3 is 14.8 Å². The fourth-order valence-electron chi connectivity index (χ4n) is 3.84. The first-order chi connectivity index (χ1) is 13.1. The van der Waals surface area contributed by atoms with Gasteiger partial charge in [0.25, 0.3) is 0 Å². The van der Waals surface area contributed by atoms with Crippen LogP contribution in [0.15, 0.2) is 46.8 Å². The third-order valence-corrected chi connectivity index (χ3v) is 4.96. The molecule has 1 aliphatic carbocycles. The molecule has 0 bridgehead atoms. The average molecular weight is 369 g/mol. The lowest BCUT2D eigenvalue weighted by Crippen LogP contribution is -2.34. The SMILES string of the molecule is CCCOc1ccccc1C1C(C(=O)OCC)=C(C)NC2=C1C(=O)CCC2. The molecule has 144 valence electrons. The predicted molar refractivity (Wildman–Crippen MR) is 103 cm³/mol. The van der Waals surface area contributed by atoms with Crippen LogP contribution in [0.2, 0.25) is 0 Å². The third kappa shape index (κ3) is 3.77. The maximum absolute atomic E-state index is 12.9. The van der Waals surface area contributed by atoms with Crippen molar-refractivity contribution in [3.8, 4) is 5.75 Å². The van der Waals surface area contributed by atoms with E-state index in [2.05, 4.69) is 5.32 Å². The standard InChI is InChI=1S/C22H27NO4/c1-4-13-27-18-12-7-6-9-15(18)20-19(22(25)26-5-2)14(3)23-16-10-8-11-17(24)21(16)20/h6-7,9,12,20,23H,4-5,8,10-11,13H2,1-3H3. The summed E-state index contributed by atoms with van der Waals surface area (Å²) in [6.07, 6.45) is 3.02. The van der Waals surface area contributed by atoms with Crippen LogP contribution in [-0.2, 0) is 14.3 Å². The highest BCUT2D eigenvalue weighted by atomic mass is 16.5. The van der Waals surface area contributed by atoms with E-state index in [1.165, 1.54) is 0 Å². The fourth-order valence-corrected chi connectivity index (χ4v) is 3.84. The molecular weight excluding hydrogens is 342 g/mol. The van der Waals surface area contributed by atoms with Gasteiger partial charge in [-0.2, -0.15) is 0 Å². The molecule has 0 amide bonds. The van der Waals surface area contributed by atoms with Gasteiger partial charge >= 0.3 is 5.97 Å². The topological polar surface area (TPSA) is 64.6 Å². The number of Topliss-reactive ketones (excluding diaryl/α,β-unsaturated/α-hetero) is 1. The van der Waals surface area contributed by atoms with Gasteiger partial charge in [-0.25, -0.2) is 4.79 Å². The number of carbonyl (C=O) groups excluding carboxylic acids is 2. The zero-order chi connectivity index (χ0) is 19.4. The van der Waals surface area contributed by atoms with E-state index in [-0.39, 0.29) is 18.4 Å². The van der Waals surface area contributed by atoms with Crippen LogP contribution < -0.4 is 10.1 Å². The van der Waals surface area contributed by atoms with E-state index in [1.807, 2.05) is 38.1 Å². The van der Waals surface area contributed by atoms with Crippen molar-refractivity contribution in [3.63, 3.8) is 0 Å². The number of benzene rings is 1. The lowest BCUT2D eigenvalue weighted by molar-refractivity contribution is -0.138. The molecule has 1 atom stereocenters. The van der Waals surface area contributed by atoms with Crippen LogP contribution >= 0.6 is 0 Å². The predicted octanol–water partition coefficient (Wildman–Crippen LogP) is 4.01. The van der Waals surface area contributed by atoms with Crippen molar-refractivity contribution in [3.05, 3.63) is 52.4 Å². The molecule has 0 radical (unpaired) electrons. The molecule has 0 fully saturated rings. The number of para-hydroxylation sites is 1. The molecule has 3 rings (SSSR count). The van der Waals surface area contributed by atoms with Gasteiger partial charge in [-0.3, -0.25) is 4.79 Å². The van der Waals surface area contributed by atoms with Crippen LogP contribution in [0.3, 0.4) is 0 Å². The van der Waals surface area contributed by atoms with Gasteiger partial charge in [0, 0.05) is 29.0 Å². The molecular formula is C22H27NO4. The van der Waals surface area contributed by atoms with E-state index in [1.54, 1.807) is 6.92 Å². The second-order valence-corrected chi connectivity index (χ2v) is 6.87. The maximum atomic E-state index is 12.9. The molecule has 0 aromatic heterocycles. The minimum atomic E-state index is -0.457. The van der Waals surface area contributed by atoms with E-state index in [0.29, 0.717) is 29.9 Å². The molecule has 0 spiro atoms. The quantitative estimate of drug-likeness (QED) is 0.768. The Kier molecular flexibility index (Phi) is 5.99. The largest absolute Gasteiger partial charge is 0.493 e. The van der Waals surface area contributed by atoms with Gasteiger partial charge in [0.2, 0.25) is 0 Å². The van der Waals surface area contributed by atoms with Crippen LogP contribution in [0.25, 0.3) is 0 Å².